The maximum Gasteiger partial charge on any atom is 0.265 e. The van der Waals surface area contributed by atoms with E-state index in [0.717, 1.165) is 16.4 Å². The SMILES string of the molecule is CP(C)(=O)c1ccc([C@@H](NC(=O)c2cnc(-n3cccn3)[nH]c2=O)c2ccccc2)cc1. The maximum absolute atomic E-state index is 13.0. The molecule has 9 heteroatoms. The number of rotatable bonds is 6. The molecule has 0 bridgehead atoms. The third-order valence-electron chi connectivity index (χ3n) is 5.01. The van der Waals surface area contributed by atoms with Gasteiger partial charge in [0.15, 0.2) is 0 Å². The van der Waals surface area contributed by atoms with Crippen LogP contribution in [0.3, 0.4) is 0 Å². The van der Waals surface area contributed by atoms with Crippen LogP contribution in [0.25, 0.3) is 5.95 Å². The number of amides is 1. The van der Waals surface area contributed by atoms with Crippen molar-refractivity contribution >= 4 is 18.4 Å². The van der Waals surface area contributed by atoms with E-state index < -0.39 is 24.7 Å². The average Bonchev–Trinajstić information content (AvgIpc) is 3.32. The number of carbonyl (C=O) groups excluding carboxylic acids is 1. The van der Waals surface area contributed by atoms with Crippen molar-refractivity contribution in [2.24, 2.45) is 0 Å². The number of nitrogens with one attached hydrogen (secondary N) is 2. The normalized spacial score (nSPS) is 12.3. The molecule has 0 radical (unpaired) electrons. The molecule has 2 aromatic carbocycles. The van der Waals surface area contributed by atoms with Crippen LogP contribution in [-0.2, 0) is 4.57 Å². The van der Waals surface area contributed by atoms with Gasteiger partial charge in [0.25, 0.3) is 11.5 Å². The molecule has 2 aromatic heterocycles. The van der Waals surface area contributed by atoms with Gasteiger partial charge in [0.2, 0.25) is 5.95 Å². The van der Waals surface area contributed by atoms with Gasteiger partial charge in [-0.15, -0.1) is 0 Å². The number of aromatic nitrogens is 4. The second kappa shape index (κ2) is 8.77. The molecule has 162 valence electrons. The fourth-order valence-corrected chi connectivity index (χ4v) is 4.16. The molecule has 32 heavy (non-hydrogen) atoms. The number of carbonyl (C=O) groups is 1. The summed E-state index contributed by atoms with van der Waals surface area (Å²) in [6.45, 7) is 3.43. The summed E-state index contributed by atoms with van der Waals surface area (Å²) < 4.78 is 13.8. The lowest BCUT2D eigenvalue weighted by Crippen LogP contribution is -2.34. The Morgan fingerprint density at radius 1 is 1.03 bits per heavy atom. The Labute approximate surface area is 184 Å². The highest BCUT2D eigenvalue weighted by atomic mass is 31.2. The Morgan fingerprint density at radius 3 is 2.31 bits per heavy atom. The highest BCUT2D eigenvalue weighted by Gasteiger charge is 2.21. The molecule has 0 aliphatic heterocycles. The summed E-state index contributed by atoms with van der Waals surface area (Å²) in [7, 11) is -2.40. The summed E-state index contributed by atoms with van der Waals surface area (Å²) in [6, 6.07) is 17.9. The Hall–Kier alpha value is -3.77. The number of aromatic amines is 1. The van der Waals surface area contributed by atoms with E-state index in [1.54, 1.807) is 31.8 Å². The van der Waals surface area contributed by atoms with Crippen LogP contribution in [0, 0.1) is 0 Å². The Bertz CT molecular complexity index is 1330. The highest BCUT2D eigenvalue weighted by molar-refractivity contribution is 7.70. The van der Waals surface area contributed by atoms with Crippen LogP contribution in [0.15, 0.2) is 84.0 Å². The topological polar surface area (TPSA) is 110 Å². The molecular weight excluding hydrogens is 425 g/mol. The first-order chi connectivity index (χ1) is 15.3. The second-order valence-corrected chi connectivity index (χ2v) is 10.9. The van der Waals surface area contributed by atoms with Gasteiger partial charge < -0.3 is 9.88 Å². The van der Waals surface area contributed by atoms with Gasteiger partial charge in [0.1, 0.15) is 12.7 Å². The van der Waals surface area contributed by atoms with Gasteiger partial charge in [-0.2, -0.15) is 5.10 Å². The van der Waals surface area contributed by atoms with Gasteiger partial charge in [0, 0.05) is 23.9 Å². The summed E-state index contributed by atoms with van der Waals surface area (Å²) in [6.07, 6.45) is 4.44. The van der Waals surface area contributed by atoms with Gasteiger partial charge in [-0.25, -0.2) is 9.67 Å². The third-order valence-corrected chi connectivity index (χ3v) is 6.55. The smallest absolute Gasteiger partial charge is 0.265 e. The van der Waals surface area contributed by atoms with E-state index in [1.165, 1.54) is 10.9 Å². The molecule has 0 saturated carbocycles. The molecule has 4 aromatic rings. The van der Waals surface area contributed by atoms with Crippen molar-refractivity contribution in [3.8, 4) is 5.95 Å². The number of benzene rings is 2. The Balaban J connectivity index is 1.65. The molecule has 4 rings (SSSR count). The van der Waals surface area contributed by atoms with Gasteiger partial charge in [-0.1, -0.05) is 54.6 Å². The summed E-state index contributed by atoms with van der Waals surface area (Å²) in [5.41, 5.74) is 0.981. The molecule has 0 aliphatic carbocycles. The quantitative estimate of drug-likeness (QED) is 0.442. The van der Waals surface area contributed by atoms with Crippen LogP contribution in [0.5, 0.6) is 0 Å². The van der Waals surface area contributed by atoms with Crippen molar-refractivity contribution < 1.29 is 9.36 Å². The predicted octanol–water partition coefficient (Wildman–Crippen LogP) is 2.72. The minimum Gasteiger partial charge on any atom is -0.341 e. The Kier molecular flexibility index (Phi) is 5.88. The predicted molar refractivity (Wildman–Crippen MR) is 123 cm³/mol. The fourth-order valence-electron chi connectivity index (χ4n) is 3.30. The Morgan fingerprint density at radius 2 is 1.72 bits per heavy atom. The van der Waals surface area contributed by atoms with Crippen LogP contribution >= 0.6 is 7.14 Å². The number of hydrogen-bond donors (Lipinski definition) is 2. The summed E-state index contributed by atoms with van der Waals surface area (Å²) in [4.78, 5) is 32.3. The molecule has 0 spiro atoms. The minimum absolute atomic E-state index is 0.106. The van der Waals surface area contributed by atoms with Crippen LogP contribution < -0.4 is 16.2 Å². The van der Waals surface area contributed by atoms with E-state index in [0.29, 0.717) is 0 Å². The van der Waals surface area contributed by atoms with E-state index in [-0.39, 0.29) is 11.5 Å². The number of nitrogens with zero attached hydrogens (tertiary/aromatic N) is 3. The largest absolute Gasteiger partial charge is 0.341 e. The third kappa shape index (κ3) is 4.60. The number of hydrogen-bond acceptors (Lipinski definition) is 5. The zero-order valence-electron chi connectivity index (χ0n) is 17.6. The van der Waals surface area contributed by atoms with Crippen molar-refractivity contribution in [1.82, 2.24) is 25.1 Å². The highest BCUT2D eigenvalue weighted by Crippen LogP contribution is 2.35. The van der Waals surface area contributed by atoms with Crippen molar-refractivity contribution in [3.63, 3.8) is 0 Å². The lowest BCUT2D eigenvalue weighted by molar-refractivity contribution is 0.0941. The van der Waals surface area contributed by atoms with Crippen molar-refractivity contribution in [2.45, 2.75) is 6.04 Å². The molecule has 2 heterocycles. The molecule has 8 nitrogen and oxygen atoms in total. The maximum atomic E-state index is 13.0. The van der Waals surface area contributed by atoms with Gasteiger partial charge in [-0.3, -0.25) is 14.6 Å². The first-order valence-electron chi connectivity index (χ1n) is 9.93. The van der Waals surface area contributed by atoms with Gasteiger partial charge in [-0.05, 0) is 30.5 Å². The zero-order valence-corrected chi connectivity index (χ0v) is 18.5. The van der Waals surface area contributed by atoms with E-state index in [2.05, 4.69) is 20.4 Å². The molecule has 0 saturated heterocycles. The van der Waals surface area contributed by atoms with Crippen molar-refractivity contribution in [1.29, 1.82) is 0 Å². The summed E-state index contributed by atoms with van der Waals surface area (Å²) in [5.74, 6) is -0.337. The molecule has 0 unspecified atom stereocenters. The lowest BCUT2D eigenvalue weighted by Gasteiger charge is -2.20. The monoisotopic (exact) mass is 447 g/mol. The van der Waals surface area contributed by atoms with Crippen LogP contribution in [-0.4, -0.2) is 39.0 Å². The number of H-pyrrole nitrogens is 1. The van der Waals surface area contributed by atoms with Crippen LogP contribution in [0.4, 0.5) is 0 Å². The van der Waals surface area contributed by atoms with Crippen LogP contribution in [0.2, 0.25) is 0 Å². The molecule has 1 amide bonds. The summed E-state index contributed by atoms with van der Waals surface area (Å²) in [5, 5.41) is 7.70. The van der Waals surface area contributed by atoms with Crippen molar-refractivity contribution in [3.05, 3.63) is 106 Å². The summed E-state index contributed by atoms with van der Waals surface area (Å²) >= 11 is 0. The second-order valence-electron chi connectivity index (χ2n) is 7.66. The molecule has 0 fully saturated rings. The van der Waals surface area contributed by atoms with E-state index >= 15 is 0 Å². The first kappa shape index (κ1) is 21.5. The fraction of sp³-hybridized carbons (Fsp3) is 0.130. The molecule has 1 atom stereocenters. The molecular formula is C23H22N5O3P. The lowest BCUT2D eigenvalue weighted by atomic mass is 9.98. The van der Waals surface area contributed by atoms with E-state index in [1.807, 2.05) is 54.6 Å². The van der Waals surface area contributed by atoms with Gasteiger partial charge >= 0.3 is 0 Å². The average molecular weight is 447 g/mol. The van der Waals surface area contributed by atoms with Crippen molar-refractivity contribution in [2.75, 3.05) is 13.3 Å². The minimum atomic E-state index is -2.40. The standard InChI is InChI=1S/C23H22N5O3P/c1-32(2,31)18-11-9-17(10-12-18)20(16-7-4-3-5-8-16)26-21(29)19-15-24-23(27-22(19)30)28-14-6-13-25-28/h3-15,20H,1-2H3,(H,26,29)(H,24,27,30)/t20-/m0/s1. The van der Waals surface area contributed by atoms with Gasteiger partial charge in [0.05, 0.1) is 6.04 Å². The van der Waals surface area contributed by atoms with Crippen LogP contribution in [0.1, 0.15) is 27.5 Å². The first-order valence-corrected chi connectivity index (χ1v) is 12.5. The van der Waals surface area contributed by atoms with E-state index in [4.69, 9.17) is 0 Å². The zero-order chi connectivity index (χ0) is 22.7. The molecule has 0 aliphatic rings. The molecule has 2 N–H and O–H groups in total. The van der Waals surface area contributed by atoms with E-state index in [9.17, 15) is 14.2 Å².